The van der Waals surface area contributed by atoms with Gasteiger partial charge in [-0.15, -0.1) is 0 Å². The Morgan fingerprint density at radius 1 is 0.837 bits per heavy atom. The fourth-order valence-electron chi connectivity index (χ4n) is 5.91. The highest BCUT2D eigenvalue weighted by molar-refractivity contribution is 7.92. The minimum Gasteiger partial charge on any atom is -0.469 e. The van der Waals surface area contributed by atoms with E-state index in [2.05, 4.69) is 0 Å². The quantitative estimate of drug-likeness (QED) is 0.220. The average Bonchev–Trinajstić information content (AvgIpc) is 3.42. The zero-order valence-electron chi connectivity index (χ0n) is 22.6. The Morgan fingerprint density at radius 3 is 1.84 bits per heavy atom. The summed E-state index contributed by atoms with van der Waals surface area (Å²) in [6.07, 6.45) is -11.7. The van der Waals surface area contributed by atoms with Crippen LogP contribution in [0.2, 0.25) is 0 Å². The Morgan fingerprint density at radius 2 is 1.35 bits per heavy atom. The van der Waals surface area contributed by atoms with Crippen LogP contribution in [0.25, 0.3) is 0 Å². The molecule has 2 aromatic carbocycles. The van der Waals surface area contributed by atoms with Gasteiger partial charge >= 0.3 is 24.0 Å². The fourth-order valence-corrected chi connectivity index (χ4v) is 7.99. The molecule has 0 bridgehead atoms. The first-order valence-electron chi connectivity index (χ1n) is 13.2. The van der Waals surface area contributed by atoms with Crippen LogP contribution in [-0.2, 0) is 34.6 Å². The molecule has 6 nitrogen and oxygen atoms in total. The highest BCUT2D eigenvalue weighted by atomic mass is 32.2. The Labute approximate surface area is 241 Å². The number of methoxy groups -OCH3 is 1. The summed E-state index contributed by atoms with van der Waals surface area (Å²) in [5.74, 6) is -2.54. The van der Waals surface area contributed by atoms with Crippen molar-refractivity contribution in [3.63, 3.8) is 0 Å². The minimum atomic E-state index is -6.37. The second kappa shape index (κ2) is 11.4. The third kappa shape index (κ3) is 5.60. The molecule has 1 saturated heterocycles. The maximum absolute atomic E-state index is 14.7. The monoisotopic (exact) mass is 641 g/mol. The molecule has 0 N–H and O–H groups in total. The Hall–Kier alpha value is -3.23. The standard InChI is InChI=1S/C28H27F8NO5S/c1-42-24(39)18-4-2-17(3-5-18)23(38)37-15-14-25(16-37,43(40,41)22-12-10-21(29)11-13-22)19-6-8-20(9-7-19)26(30,27(31,32)33)28(34,35)36/h6-13,17-18H,2-5,14-16H2,1H3/t17?,18?,25-/m0/s1. The molecule has 1 aliphatic carbocycles. The molecule has 236 valence electrons. The van der Waals surface area contributed by atoms with E-state index in [1.807, 2.05) is 0 Å². The van der Waals surface area contributed by atoms with Crippen molar-refractivity contribution in [1.29, 1.82) is 0 Å². The lowest BCUT2D eigenvalue weighted by Gasteiger charge is -2.33. The van der Waals surface area contributed by atoms with Gasteiger partial charge in [-0.3, -0.25) is 9.59 Å². The van der Waals surface area contributed by atoms with Crippen LogP contribution in [0.4, 0.5) is 35.1 Å². The number of alkyl halides is 7. The molecular formula is C28H27F8NO5S. The lowest BCUT2D eigenvalue weighted by molar-refractivity contribution is -0.348. The molecular weight excluding hydrogens is 614 g/mol. The number of carbonyl (C=O) groups is 2. The van der Waals surface area contributed by atoms with Crippen LogP contribution in [0.3, 0.4) is 0 Å². The summed E-state index contributed by atoms with van der Waals surface area (Å²) in [7, 11) is -3.31. The first kappa shape index (κ1) is 32.7. The molecule has 1 aliphatic heterocycles. The van der Waals surface area contributed by atoms with Crippen molar-refractivity contribution in [3.8, 4) is 0 Å². The molecule has 1 saturated carbocycles. The summed E-state index contributed by atoms with van der Waals surface area (Å²) in [5.41, 5.74) is -7.78. The predicted octanol–water partition coefficient (Wildman–Crippen LogP) is 6.00. The van der Waals surface area contributed by atoms with E-state index in [1.54, 1.807) is 0 Å². The molecule has 1 amide bonds. The zero-order valence-corrected chi connectivity index (χ0v) is 23.5. The molecule has 0 radical (unpaired) electrons. The summed E-state index contributed by atoms with van der Waals surface area (Å²) in [6, 6.07) is 5.47. The SMILES string of the molecule is COC(=O)C1CCC(C(=O)N2CC[C@](c3ccc(C(F)(C(F)(F)F)C(F)(F)F)cc3)(S(=O)(=O)c3ccc(F)cc3)C2)CC1. The van der Waals surface area contributed by atoms with E-state index in [4.69, 9.17) is 4.74 Å². The number of sulfone groups is 1. The molecule has 0 unspecified atom stereocenters. The number of halogens is 8. The Kier molecular flexibility index (Phi) is 8.63. The van der Waals surface area contributed by atoms with Crippen molar-refractivity contribution >= 4 is 21.7 Å². The molecule has 2 aliphatic rings. The molecule has 2 aromatic rings. The molecule has 43 heavy (non-hydrogen) atoms. The average molecular weight is 642 g/mol. The van der Waals surface area contributed by atoms with Crippen molar-refractivity contribution in [2.75, 3.05) is 20.2 Å². The van der Waals surface area contributed by atoms with Gasteiger partial charge in [0.2, 0.25) is 5.91 Å². The van der Waals surface area contributed by atoms with Crippen LogP contribution in [0, 0.1) is 17.7 Å². The number of hydrogen-bond donors (Lipinski definition) is 0. The van der Waals surface area contributed by atoms with Crippen LogP contribution in [0.1, 0.15) is 43.2 Å². The number of ether oxygens (including phenoxy) is 1. The van der Waals surface area contributed by atoms with E-state index in [0.717, 1.165) is 24.3 Å². The first-order chi connectivity index (χ1) is 19.9. The van der Waals surface area contributed by atoms with Gasteiger partial charge in [-0.05, 0) is 61.9 Å². The lowest BCUT2D eigenvalue weighted by Crippen LogP contribution is -2.50. The molecule has 1 heterocycles. The maximum atomic E-state index is 14.7. The third-order valence-corrected chi connectivity index (χ3v) is 10.9. The lowest BCUT2D eigenvalue weighted by atomic mass is 9.81. The predicted molar refractivity (Wildman–Crippen MR) is 135 cm³/mol. The smallest absolute Gasteiger partial charge is 0.435 e. The van der Waals surface area contributed by atoms with Gasteiger partial charge in [0.15, 0.2) is 9.84 Å². The Balaban J connectivity index is 1.72. The van der Waals surface area contributed by atoms with Gasteiger partial charge in [-0.2, -0.15) is 26.3 Å². The van der Waals surface area contributed by atoms with Gasteiger partial charge in [0.05, 0.1) is 17.9 Å². The van der Waals surface area contributed by atoms with Crippen molar-refractivity contribution in [1.82, 2.24) is 4.90 Å². The van der Waals surface area contributed by atoms with Crippen molar-refractivity contribution < 1.29 is 57.9 Å². The highest BCUT2D eigenvalue weighted by Gasteiger charge is 2.73. The summed E-state index contributed by atoms with van der Waals surface area (Å²) >= 11 is 0. The first-order valence-corrected chi connectivity index (χ1v) is 14.7. The topological polar surface area (TPSA) is 80.8 Å². The normalized spacial score (nSPS) is 23.7. The maximum Gasteiger partial charge on any atom is 0.435 e. The number of amides is 1. The largest absolute Gasteiger partial charge is 0.469 e. The van der Waals surface area contributed by atoms with Gasteiger partial charge in [-0.1, -0.05) is 24.3 Å². The summed E-state index contributed by atoms with van der Waals surface area (Å²) in [4.78, 5) is 26.2. The van der Waals surface area contributed by atoms with E-state index in [-0.39, 0.29) is 36.6 Å². The molecule has 2 fully saturated rings. The number of nitrogens with zero attached hydrogens (tertiary/aromatic N) is 1. The van der Waals surface area contributed by atoms with Crippen molar-refractivity contribution in [2.24, 2.45) is 11.8 Å². The zero-order chi connectivity index (χ0) is 32.0. The van der Waals surface area contributed by atoms with Crippen molar-refractivity contribution in [3.05, 3.63) is 65.5 Å². The van der Waals surface area contributed by atoms with E-state index < -0.39 is 73.2 Å². The number of likely N-dealkylation sites (tertiary alicyclic amines) is 1. The van der Waals surface area contributed by atoms with Crippen LogP contribution in [0.15, 0.2) is 53.4 Å². The van der Waals surface area contributed by atoms with Gasteiger partial charge < -0.3 is 9.64 Å². The van der Waals surface area contributed by atoms with Crippen LogP contribution >= 0.6 is 0 Å². The third-order valence-electron chi connectivity index (χ3n) is 8.38. The fraction of sp³-hybridized carbons (Fsp3) is 0.500. The van der Waals surface area contributed by atoms with Gasteiger partial charge in [0.1, 0.15) is 10.6 Å². The van der Waals surface area contributed by atoms with Gasteiger partial charge in [-0.25, -0.2) is 17.2 Å². The van der Waals surface area contributed by atoms with E-state index in [0.29, 0.717) is 37.8 Å². The number of rotatable bonds is 6. The van der Waals surface area contributed by atoms with E-state index in [1.165, 1.54) is 12.0 Å². The number of benzene rings is 2. The second-order valence-corrected chi connectivity index (χ2v) is 13.0. The van der Waals surface area contributed by atoms with Crippen LogP contribution < -0.4 is 0 Å². The molecule has 0 aromatic heterocycles. The van der Waals surface area contributed by atoms with E-state index in [9.17, 15) is 53.1 Å². The molecule has 1 atom stereocenters. The minimum absolute atomic E-state index is 0.129. The second-order valence-electron chi connectivity index (χ2n) is 10.8. The van der Waals surface area contributed by atoms with Crippen LogP contribution in [0.5, 0.6) is 0 Å². The van der Waals surface area contributed by atoms with Gasteiger partial charge in [0, 0.05) is 24.6 Å². The summed E-state index contributed by atoms with van der Waals surface area (Å²) < 4.78 is 139. The number of hydrogen-bond acceptors (Lipinski definition) is 5. The molecule has 15 heteroatoms. The van der Waals surface area contributed by atoms with Crippen LogP contribution in [-0.4, -0.2) is 57.7 Å². The number of carbonyl (C=O) groups excluding carboxylic acids is 2. The highest BCUT2D eigenvalue weighted by Crippen LogP contribution is 2.54. The molecule has 4 rings (SSSR count). The summed E-state index contributed by atoms with van der Waals surface area (Å²) in [5, 5.41) is 0. The molecule has 0 spiro atoms. The van der Waals surface area contributed by atoms with Gasteiger partial charge in [0.25, 0.3) is 0 Å². The van der Waals surface area contributed by atoms with Crippen molar-refractivity contribution in [2.45, 2.75) is 59.8 Å². The Bertz CT molecular complexity index is 1440. The summed E-state index contributed by atoms with van der Waals surface area (Å²) in [6.45, 7) is -0.642. The van der Waals surface area contributed by atoms with E-state index >= 15 is 0 Å². The number of esters is 1.